The van der Waals surface area contributed by atoms with E-state index in [9.17, 15) is 43.2 Å². The topological polar surface area (TPSA) is 237 Å². The van der Waals surface area contributed by atoms with Crippen LogP contribution in [0.15, 0.2) is 194 Å². The van der Waals surface area contributed by atoms with E-state index in [0.29, 0.717) is 44.9 Å². The van der Waals surface area contributed by atoms with Gasteiger partial charge in [-0.05, 0) is 141 Å². The number of hydrogen-bond donors (Lipinski definition) is 3. The first-order chi connectivity index (χ1) is 51.7. The number of esters is 4. The Bertz CT molecular complexity index is 2780. The normalized spacial score (nSPS) is 14.9. The second kappa shape index (κ2) is 77.1. The van der Waals surface area contributed by atoms with Crippen LogP contribution in [0.3, 0.4) is 0 Å². The van der Waals surface area contributed by atoms with Gasteiger partial charge in [0.1, 0.15) is 19.3 Å². The zero-order valence-corrected chi connectivity index (χ0v) is 67.1. The molecule has 5 unspecified atom stereocenters. The molecule has 0 bridgehead atoms. The van der Waals surface area contributed by atoms with Gasteiger partial charge in [0.05, 0.1) is 26.4 Å². The molecule has 3 N–H and O–H groups in total. The zero-order valence-electron chi connectivity index (χ0n) is 65.3. The minimum Gasteiger partial charge on any atom is -0.462 e. The van der Waals surface area contributed by atoms with Crippen molar-refractivity contribution in [2.75, 3.05) is 39.6 Å². The van der Waals surface area contributed by atoms with Gasteiger partial charge >= 0.3 is 39.5 Å². The zero-order chi connectivity index (χ0) is 77.4. The van der Waals surface area contributed by atoms with Crippen molar-refractivity contribution in [3.63, 3.8) is 0 Å². The highest BCUT2D eigenvalue weighted by Gasteiger charge is 2.30. The smallest absolute Gasteiger partial charge is 0.462 e. The molecular formula is C87H138O17P2. The number of hydrogen-bond acceptors (Lipinski definition) is 15. The molecule has 0 aliphatic heterocycles. The third-order valence-electron chi connectivity index (χ3n) is 15.6. The largest absolute Gasteiger partial charge is 0.472 e. The average molecular weight is 1520 g/mol. The minimum absolute atomic E-state index is 0.00832. The highest BCUT2D eigenvalue weighted by atomic mass is 31.2. The Morgan fingerprint density at radius 3 is 0.811 bits per heavy atom. The number of ether oxygens (including phenoxy) is 4. The van der Waals surface area contributed by atoms with Crippen molar-refractivity contribution in [3.05, 3.63) is 194 Å². The van der Waals surface area contributed by atoms with E-state index in [4.69, 9.17) is 37.0 Å². The van der Waals surface area contributed by atoms with Gasteiger partial charge < -0.3 is 33.8 Å². The number of carbonyl (C=O) groups is 4. The minimum atomic E-state index is -5.02. The maximum atomic E-state index is 13.1. The second-order valence-corrected chi connectivity index (χ2v) is 28.4. The summed E-state index contributed by atoms with van der Waals surface area (Å²) in [6.45, 7) is 4.29. The highest BCUT2D eigenvalue weighted by Crippen LogP contribution is 2.45. The van der Waals surface area contributed by atoms with E-state index in [2.05, 4.69) is 180 Å². The summed E-state index contributed by atoms with van der Waals surface area (Å²) in [5.74, 6) is -2.43. The van der Waals surface area contributed by atoms with E-state index in [-0.39, 0.29) is 25.7 Å². The third kappa shape index (κ3) is 76.1. The van der Waals surface area contributed by atoms with Gasteiger partial charge in [0, 0.05) is 25.7 Å². The molecule has 0 rings (SSSR count). The van der Waals surface area contributed by atoms with Gasteiger partial charge in [0.2, 0.25) is 0 Å². The number of phosphoric ester groups is 2. The molecule has 0 aromatic carbocycles. The number of aliphatic hydroxyl groups is 1. The van der Waals surface area contributed by atoms with Crippen LogP contribution in [0.2, 0.25) is 0 Å². The van der Waals surface area contributed by atoms with E-state index in [0.717, 1.165) is 122 Å². The summed E-state index contributed by atoms with van der Waals surface area (Å²) in [6, 6.07) is 0. The van der Waals surface area contributed by atoms with Crippen LogP contribution in [-0.2, 0) is 65.4 Å². The van der Waals surface area contributed by atoms with Crippen LogP contribution in [0.25, 0.3) is 0 Å². The number of rotatable bonds is 72. The average Bonchev–Trinajstić information content (AvgIpc) is 0.907. The predicted molar refractivity (Wildman–Crippen MR) is 436 cm³/mol. The molecule has 5 atom stereocenters. The van der Waals surface area contributed by atoms with Crippen LogP contribution in [0.4, 0.5) is 0 Å². The molecule has 0 amide bonds. The lowest BCUT2D eigenvalue weighted by Crippen LogP contribution is -2.30. The Morgan fingerprint density at radius 1 is 0.274 bits per heavy atom. The molecule has 0 spiro atoms. The van der Waals surface area contributed by atoms with Crippen molar-refractivity contribution in [1.29, 1.82) is 0 Å². The number of allylic oxidation sites excluding steroid dienone is 32. The maximum absolute atomic E-state index is 13.1. The summed E-state index contributed by atoms with van der Waals surface area (Å²) < 4.78 is 68.4. The Balaban J connectivity index is 5.54. The van der Waals surface area contributed by atoms with E-state index in [1.165, 1.54) is 51.4 Å². The number of aliphatic hydroxyl groups excluding tert-OH is 1. The number of unbranched alkanes of at least 4 members (excludes halogenated alkanes) is 14. The summed E-state index contributed by atoms with van der Waals surface area (Å²) in [5, 5.41) is 10.6. The Labute approximate surface area is 640 Å². The lowest BCUT2D eigenvalue weighted by Gasteiger charge is -2.21. The standard InChI is InChI=1S/C87H138O17P2/c1-5-9-13-17-21-25-29-33-36-39-40-43-45-49-52-56-60-64-68-72-85(90)98-78-83(104-87(92)74-70-66-62-58-54-50-46-42-38-35-31-27-23-19-15-11-7-3)80-102-106(95,96)100-76-81(88)75-99-105(93,94)101-79-82(103-86(91)73-69-65-61-57-53-47-32-28-24-20-16-12-8-4)77-97-84(89)71-67-63-59-55-51-48-44-41-37-34-30-26-22-18-14-10-6-2/h9-11,13-15,21-23,25-27,33-38,40,43-44,46,48-50,52,55,58-60,62,64,81-83,88H,5-8,12,16-20,24,28-32,39,41-42,45,47,51,53-54,56-57,61,63,65-80H2,1-4H3,(H,93,94)(H,95,96)/b13-9-,14-10-,15-11-,25-21-,26-22-,27-23-,36-33-,37-34-,38-35-,43-40-,48-44-,50-46-,52-49-,59-55-,62-58-,64-60-. The monoisotopic (exact) mass is 1520 g/mol. The van der Waals surface area contributed by atoms with Crippen LogP contribution < -0.4 is 0 Å². The van der Waals surface area contributed by atoms with Gasteiger partial charge in [-0.15, -0.1) is 0 Å². The first kappa shape index (κ1) is 99.9. The Hall–Kier alpha value is -6.10. The molecule has 106 heavy (non-hydrogen) atoms. The first-order valence-electron chi connectivity index (χ1n) is 39.7. The summed E-state index contributed by atoms with van der Waals surface area (Å²) in [7, 11) is -10.0. The van der Waals surface area contributed by atoms with E-state index in [1.54, 1.807) is 0 Å². The fraction of sp³-hybridized carbons (Fsp3) is 0.586. The van der Waals surface area contributed by atoms with Crippen molar-refractivity contribution in [3.8, 4) is 0 Å². The Kier molecular flexibility index (Phi) is 72.6. The molecule has 19 heteroatoms. The summed E-state index contributed by atoms with van der Waals surface area (Å²) in [5.41, 5.74) is 0. The van der Waals surface area contributed by atoms with Crippen LogP contribution in [0, 0.1) is 0 Å². The summed E-state index contributed by atoms with van der Waals surface area (Å²) >= 11 is 0. The third-order valence-corrected chi connectivity index (χ3v) is 17.5. The van der Waals surface area contributed by atoms with Gasteiger partial charge in [-0.3, -0.25) is 37.3 Å². The van der Waals surface area contributed by atoms with Gasteiger partial charge in [-0.1, -0.05) is 299 Å². The van der Waals surface area contributed by atoms with E-state index in [1.807, 2.05) is 42.5 Å². The number of carbonyl (C=O) groups excluding carboxylic acids is 4. The molecule has 0 aromatic heterocycles. The van der Waals surface area contributed by atoms with Gasteiger partial charge in [0.15, 0.2) is 12.2 Å². The lowest BCUT2D eigenvalue weighted by atomic mass is 10.0. The van der Waals surface area contributed by atoms with Crippen LogP contribution >= 0.6 is 15.6 Å². The number of phosphoric acid groups is 2. The van der Waals surface area contributed by atoms with Crippen LogP contribution in [-0.4, -0.2) is 96.7 Å². The predicted octanol–water partition coefficient (Wildman–Crippen LogP) is 23.3. The van der Waals surface area contributed by atoms with Crippen molar-refractivity contribution in [1.82, 2.24) is 0 Å². The van der Waals surface area contributed by atoms with Crippen molar-refractivity contribution >= 4 is 39.5 Å². The highest BCUT2D eigenvalue weighted by molar-refractivity contribution is 7.47. The van der Waals surface area contributed by atoms with Crippen molar-refractivity contribution in [2.45, 2.75) is 290 Å². The fourth-order valence-electron chi connectivity index (χ4n) is 9.67. The molecule has 0 aliphatic carbocycles. The summed E-state index contributed by atoms with van der Waals surface area (Å²) in [4.78, 5) is 73.0. The van der Waals surface area contributed by atoms with Crippen molar-refractivity contribution < 1.29 is 80.2 Å². The summed E-state index contributed by atoms with van der Waals surface area (Å²) in [6.07, 6.45) is 94.5. The lowest BCUT2D eigenvalue weighted by molar-refractivity contribution is -0.161. The Morgan fingerprint density at radius 2 is 0.509 bits per heavy atom. The maximum Gasteiger partial charge on any atom is 0.472 e. The SMILES string of the molecule is CC/C=C\C/C=C\C/C=C\C/C=C\C/C=C\C/C=C\CCC(=O)OCC(COP(=O)(O)OCC(O)COP(=O)(O)OCC(COC(=O)CCC/C=C\C/C=C\C/C=C\C/C=C\C/C=C\CC)OC(=O)CCCCCCCCCCCCCCC)OC(=O)CCC/C=C\C/C=C\C/C=C\C/C=C\C/C=C\CC. The van der Waals surface area contributed by atoms with Gasteiger partial charge in [-0.25, -0.2) is 9.13 Å². The molecule has 0 saturated carbocycles. The van der Waals surface area contributed by atoms with Gasteiger partial charge in [-0.2, -0.15) is 0 Å². The molecule has 0 aliphatic rings. The molecule has 17 nitrogen and oxygen atoms in total. The van der Waals surface area contributed by atoms with Crippen molar-refractivity contribution in [2.24, 2.45) is 0 Å². The molecule has 0 radical (unpaired) electrons. The van der Waals surface area contributed by atoms with E-state index < -0.39 is 97.5 Å². The van der Waals surface area contributed by atoms with Crippen LogP contribution in [0.1, 0.15) is 272 Å². The molecular weight excluding hydrogens is 1380 g/mol. The van der Waals surface area contributed by atoms with Crippen LogP contribution in [0.5, 0.6) is 0 Å². The molecule has 0 fully saturated rings. The first-order valence-corrected chi connectivity index (χ1v) is 42.7. The molecule has 0 aromatic rings. The molecule has 598 valence electrons. The molecule has 0 heterocycles. The van der Waals surface area contributed by atoms with E-state index >= 15 is 0 Å². The van der Waals surface area contributed by atoms with Gasteiger partial charge in [0.25, 0.3) is 0 Å². The quantitative estimate of drug-likeness (QED) is 0.0169. The fourth-order valence-corrected chi connectivity index (χ4v) is 11.2. The molecule has 0 saturated heterocycles. The second-order valence-electron chi connectivity index (χ2n) is 25.5.